The maximum atomic E-state index is 9.49. The summed E-state index contributed by atoms with van der Waals surface area (Å²) < 4.78 is 0. The van der Waals surface area contributed by atoms with E-state index in [1.165, 1.54) is 25.9 Å². The van der Waals surface area contributed by atoms with Crippen LogP contribution in [0.1, 0.15) is 52.4 Å². The second-order valence-electron chi connectivity index (χ2n) is 6.08. The van der Waals surface area contributed by atoms with Gasteiger partial charge in [-0.1, -0.05) is 0 Å². The maximum Gasteiger partial charge on any atom is 0.0541 e. The fourth-order valence-electron chi connectivity index (χ4n) is 3.16. The van der Waals surface area contributed by atoms with Gasteiger partial charge in [-0.25, -0.2) is 0 Å². The molecule has 0 aromatic carbocycles. The third kappa shape index (κ3) is 3.94. The lowest BCUT2D eigenvalue weighted by molar-refractivity contribution is 0.105. The molecule has 100 valence electrons. The minimum absolute atomic E-state index is 0.0316. The number of likely N-dealkylation sites (tertiary alicyclic amines) is 1. The van der Waals surface area contributed by atoms with Crippen LogP contribution in [0.5, 0.6) is 0 Å². The summed E-state index contributed by atoms with van der Waals surface area (Å²) >= 11 is 0. The topological polar surface area (TPSA) is 35.5 Å². The molecule has 0 radical (unpaired) electrons. The van der Waals surface area contributed by atoms with Crippen molar-refractivity contribution in [2.24, 2.45) is 0 Å². The van der Waals surface area contributed by atoms with Gasteiger partial charge in [0.25, 0.3) is 0 Å². The molecule has 0 aromatic heterocycles. The van der Waals surface area contributed by atoms with Crippen molar-refractivity contribution in [2.75, 3.05) is 13.1 Å². The first kappa shape index (κ1) is 13.3. The molecule has 2 rings (SSSR count). The van der Waals surface area contributed by atoms with Gasteiger partial charge < -0.3 is 15.3 Å². The van der Waals surface area contributed by atoms with Gasteiger partial charge in [0.1, 0.15) is 0 Å². The van der Waals surface area contributed by atoms with Crippen molar-refractivity contribution in [1.29, 1.82) is 0 Å². The monoisotopic (exact) mass is 240 g/mol. The third-order valence-corrected chi connectivity index (χ3v) is 4.43. The average Bonchev–Trinajstić information content (AvgIpc) is 2.33. The molecule has 1 aliphatic carbocycles. The zero-order valence-corrected chi connectivity index (χ0v) is 11.4. The molecule has 2 N–H and O–H groups in total. The van der Waals surface area contributed by atoms with Crippen molar-refractivity contribution < 1.29 is 5.11 Å². The van der Waals surface area contributed by atoms with Crippen molar-refractivity contribution in [3.8, 4) is 0 Å². The van der Waals surface area contributed by atoms with Crippen molar-refractivity contribution in [1.82, 2.24) is 10.2 Å². The molecule has 1 saturated carbocycles. The van der Waals surface area contributed by atoms with Gasteiger partial charge in [-0.15, -0.1) is 0 Å². The second-order valence-corrected chi connectivity index (χ2v) is 6.08. The highest BCUT2D eigenvalue weighted by Gasteiger charge is 2.25. The Morgan fingerprint density at radius 2 is 1.47 bits per heavy atom. The molecule has 0 unspecified atom stereocenters. The van der Waals surface area contributed by atoms with E-state index in [0.29, 0.717) is 18.1 Å². The summed E-state index contributed by atoms with van der Waals surface area (Å²) in [5.74, 6) is 0. The van der Waals surface area contributed by atoms with Gasteiger partial charge in [0.05, 0.1) is 6.10 Å². The molecule has 1 saturated heterocycles. The fraction of sp³-hybridized carbons (Fsp3) is 1.00. The Bertz CT molecular complexity index is 216. The standard InChI is InChI=1S/C14H28N2O/c1-11(2)16-9-7-13(8-10-16)15-12-3-5-14(17)6-4-12/h11-15,17H,3-10H2,1-2H3. The SMILES string of the molecule is CC(C)N1CCC(NC2CCC(O)CC2)CC1. The summed E-state index contributed by atoms with van der Waals surface area (Å²) in [7, 11) is 0. The maximum absolute atomic E-state index is 9.49. The lowest BCUT2D eigenvalue weighted by Crippen LogP contribution is -2.48. The number of nitrogens with zero attached hydrogens (tertiary/aromatic N) is 1. The molecule has 3 heteroatoms. The van der Waals surface area contributed by atoms with E-state index in [0.717, 1.165) is 25.7 Å². The smallest absolute Gasteiger partial charge is 0.0541 e. The van der Waals surface area contributed by atoms with Gasteiger partial charge >= 0.3 is 0 Å². The number of nitrogens with one attached hydrogen (secondary N) is 1. The number of aliphatic hydroxyl groups is 1. The van der Waals surface area contributed by atoms with E-state index in [1.807, 2.05) is 0 Å². The molecule has 3 nitrogen and oxygen atoms in total. The van der Waals surface area contributed by atoms with Crippen LogP contribution in [0.2, 0.25) is 0 Å². The number of hydrogen-bond acceptors (Lipinski definition) is 3. The molecule has 1 heterocycles. The molecule has 0 amide bonds. The number of piperidine rings is 1. The minimum atomic E-state index is -0.0316. The normalized spacial score (nSPS) is 33.2. The van der Waals surface area contributed by atoms with E-state index in [-0.39, 0.29) is 6.10 Å². The van der Waals surface area contributed by atoms with E-state index < -0.39 is 0 Å². The lowest BCUT2D eigenvalue weighted by Gasteiger charge is -2.37. The Morgan fingerprint density at radius 1 is 0.941 bits per heavy atom. The zero-order valence-electron chi connectivity index (χ0n) is 11.4. The van der Waals surface area contributed by atoms with Crippen LogP contribution in [-0.2, 0) is 0 Å². The number of hydrogen-bond donors (Lipinski definition) is 2. The molecule has 1 aliphatic heterocycles. The molecule has 0 aromatic rings. The Hall–Kier alpha value is -0.120. The van der Waals surface area contributed by atoms with Gasteiger partial charge in [-0.05, 0) is 65.5 Å². The minimum Gasteiger partial charge on any atom is -0.393 e. The van der Waals surface area contributed by atoms with Crippen LogP contribution < -0.4 is 5.32 Å². The number of aliphatic hydroxyl groups excluding tert-OH is 1. The summed E-state index contributed by atoms with van der Waals surface area (Å²) in [4.78, 5) is 2.57. The van der Waals surface area contributed by atoms with E-state index >= 15 is 0 Å². The van der Waals surface area contributed by atoms with Crippen LogP contribution >= 0.6 is 0 Å². The van der Waals surface area contributed by atoms with Crippen LogP contribution in [0.4, 0.5) is 0 Å². The van der Waals surface area contributed by atoms with Crippen molar-refractivity contribution >= 4 is 0 Å². The first-order valence-corrected chi connectivity index (χ1v) is 7.33. The summed E-state index contributed by atoms with van der Waals surface area (Å²) in [6, 6.07) is 2.07. The van der Waals surface area contributed by atoms with Crippen LogP contribution in [0.15, 0.2) is 0 Å². The largest absolute Gasteiger partial charge is 0.393 e. The second kappa shape index (κ2) is 6.17. The van der Waals surface area contributed by atoms with Crippen LogP contribution in [0, 0.1) is 0 Å². The molecule has 2 aliphatic rings. The highest BCUT2D eigenvalue weighted by Crippen LogP contribution is 2.21. The van der Waals surface area contributed by atoms with Gasteiger partial charge in [0.2, 0.25) is 0 Å². The predicted molar refractivity (Wildman–Crippen MR) is 71.1 cm³/mol. The first-order valence-electron chi connectivity index (χ1n) is 7.33. The Kier molecular flexibility index (Phi) is 4.83. The van der Waals surface area contributed by atoms with Gasteiger partial charge in [0, 0.05) is 18.1 Å². The van der Waals surface area contributed by atoms with E-state index in [4.69, 9.17) is 0 Å². The summed E-state index contributed by atoms with van der Waals surface area (Å²) in [5, 5.41) is 13.3. The Morgan fingerprint density at radius 3 is 2.00 bits per heavy atom. The van der Waals surface area contributed by atoms with Gasteiger partial charge in [-0.3, -0.25) is 0 Å². The highest BCUT2D eigenvalue weighted by atomic mass is 16.3. The van der Waals surface area contributed by atoms with Crippen molar-refractivity contribution in [3.63, 3.8) is 0 Å². The molecule has 17 heavy (non-hydrogen) atoms. The van der Waals surface area contributed by atoms with E-state index in [1.54, 1.807) is 0 Å². The predicted octanol–water partition coefficient (Wildman–Crippen LogP) is 1.75. The van der Waals surface area contributed by atoms with Gasteiger partial charge in [0.15, 0.2) is 0 Å². The van der Waals surface area contributed by atoms with Crippen molar-refractivity contribution in [2.45, 2.75) is 76.6 Å². The summed E-state index contributed by atoms with van der Waals surface area (Å²) in [6.45, 7) is 7.06. The fourth-order valence-corrected chi connectivity index (χ4v) is 3.16. The van der Waals surface area contributed by atoms with E-state index in [9.17, 15) is 5.11 Å². The van der Waals surface area contributed by atoms with Gasteiger partial charge in [-0.2, -0.15) is 0 Å². The molecular weight excluding hydrogens is 212 g/mol. The Balaban J connectivity index is 1.67. The Labute approximate surface area is 106 Å². The zero-order chi connectivity index (χ0) is 12.3. The van der Waals surface area contributed by atoms with Crippen molar-refractivity contribution in [3.05, 3.63) is 0 Å². The highest BCUT2D eigenvalue weighted by molar-refractivity contribution is 4.84. The van der Waals surface area contributed by atoms with Crippen LogP contribution in [0.25, 0.3) is 0 Å². The molecule has 2 fully saturated rings. The van der Waals surface area contributed by atoms with Crippen LogP contribution in [-0.4, -0.2) is 47.3 Å². The van der Waals surface area contributed by atoms with E-state index in [2.05, 4.69) is 24.1 Å². The first-order chi connectivity index (χ1) is 8.15. The lowest BCUT2D eigenvalue weighted by atomic mass is 9.91. The summed E-state index contributed by atoms with van der Waals surface area (Å²) in [5.41, 5.74) is 0. The third-order valence-electron chi connectivity index (χ3n) is 4.43. The molecule has 0 bridgehead atoms. The molecular formula is C14H28N2O. The van der Waals surface area contributed by atoms with Crippen LogP contribution in [0.3, 0.4) is 0 Å². The number of rotatable bonds is 3. The molecule has 0 spiro atoms. The quantitative estimate of drug-likeness (QED) is 0.789. The molecule has 0 atom stereocenters. The summed E-state index contributed by atoms with van der Waals surface area (Å²) in [6.07, 6.45) is 6.84. The average molecular weight is 240 g/mol.